The molecule has 0 spiro atoms. The maximum atomic E-state index is 11.3. The van der Waals surface area contributed by atoms with E-state index in [2.05, 4.69) is 5.32 Å². The number of hydrogen-bond acceptors (Lipinski definition) is 4. The summed E-state index contributed by atoms with van der Waals surface area (Å²) < 4.78 is 4.76. The van der Waals surface area contributed by atoms with Gasteiger partial charge in [0.05, 0.1) is 12.6 Å². The first kappa shape index (κ1) is 15.1. The molecule has 0 aromatic carbocycles. The summed E-state index contributed by atoms with van der Waals surface area (Å²) in [7, 11) is 0. The number of carbonyl (C=O) groups is 3. The number of carboxylic acid groups (broad SMARTS) is 1. The number of nitrogens with zero attached hydrogens (tertiary/aromatic N) is 1. The van der Waals surface area contributed by atoms with Gasteiger partial charge in [0.1, 0.15) is 0 Å². The lowest BCUT2D eigenvalue weighted by Gasteiger charge is -2.36. The highest BCUT2D eigenvalue weighted by molar-refractivity contribution is 5.73. The maximum absolute atomic E-state index is 11.3. The third-order valence-electron chi connectivity index (χ3n) is 2.91. The molecule has 1 saturated heterocycles. The van der Waals surface area contributed by atoms with Crippen LogP contribution in [0.15, 0.2) is 0 Å². The summed E-state index contributed by atoms with van der Waals surface area (Å²) in [5.74, 6) is -1.17. The number of rotatable bonds is 4. The van der Waals surface area contributed by atoms with E-state index in [4.69, 9.17) is 15.6 Å². The number of primary amides is 1. The lowest BCUT2D eigenvalue weighted by atomic mass is 9.92. The van der Waals surface area contributed by atoms with Gasteiger partial charge in [0.25, 0.3) is 0 Å². The molecule has 4 N–H and O–H groups in total. The molecule has 0 aromatic heterocycles. The van der Waals surface area contributed by atoms with Crippen molar-refractivity contribution in [3.63, 3.8) is 0 Å². The number of piperidine rings is 1. The average molecular weight is 273 g/mol. The fourth-order valence-corrected chi connectivity index (χ4v) is 2.22. The molecule has 19 heavy (non-hydrogen) atoms. The summed E-state index contributed by atoms with van der Waals surface area (Å²) in [6.45, 7) is 2.49. The minimum absolute atomic E-state index is 0.0647. The number of nitrogens with one attached hydrogen (secondary N) is 1. The van der Waals surface area contributed by atoms with E-state index < -0.39 is 18.1 Å². The number of urea groups is 1. The van der Waals surface area contributed by atoms with E-state index in [-0.39, 0.29) is 31.5 Å². The zero-order valence-electron chi connectivity index (χ0n) is 10.8. The van der Waals surface area contributed by atoms with Gasteiger partial charge in [-0.2, -0.15) is 0 Å². The summed E-state index contributed by atoms with van der Waals surface area (Å²) >= 11 is 0. The normalized spacial score (nSPS) is 22.7. The fraction of sp³-hybridized carbons (Fsp3) is 0.727. The Morgan fingerprint density at radius 3 is 2.63 bits per heavy atom. The van der Waals surface area contributed by atoms with Crippen molar-refractivity contribution in [2.24, 2.45) is 11.7 Å². The molecule has 0 aromatic rings. The van der Waals surface area contributed by atoms with Gasteiger partial charge in [0.15, 0.2) is 0 Å². The van der Waals surface area contributed by atoms with Crippen LogP contribution >= 0.6 is 0 Å². The molecule has 1 aliphatic rings. The van der Waals surface area contributed by atoms with Crippen molar-refractivity contribution in [2.45, 2.75) is 25.8 Å². The Morgan fingerprint density at radius 1 is 1.42 bits per heavy atom. The summed E-state index contributed by atoms with van der Waals surface area (Å²) in [5, 5.41) is 11.4. The van der Waals surface area contributed by atoms with Crippen LogP contribution in [0.2, 0.25) is 0 Å². The molecule has 108 valence electrons. The predicted molar refractivity (Wildman–Crippen MR) is 65.5 cm³/mol. The molecular formula is C11H19N3O5. The number of aliphatic carboxylic acids is 1. The van der Waals surface area contributed by atoms with Crippen LogP contribution in [0.3, 0.4) is 0 Å². The van der Waals surface area contributed by atoms with Crippen molar-refractivity contribution in [1.29, 1.82) is 0 Å². The quantitative estimate of drug-likeness (QED) is 0.664. The van der Waals surface area contributed by atoms with Crippen molar-refractivity contribution in [1.82, 2.24) is 10.2 Å². The Kier molecular flexibility index (Phi) is 5.40. The van der Waals surface area contributed by atoms with Gasteiger partial charge in [-0.25, -0.2) is 9.59 Å². The number of likely N-dealkylation sites (tertiary alicyclic amines) is 1. The summed E-state index contributed by atoms with van der Waals surface area (Å²) in [5.41, 5.74) is 5.21. The van der Waals surface area contributed by atoms with Crippen molar-refractivity contribution >= 4 is 18.1 Å². The lowest BCUT2D eigenvalue weighted by Crippen LogP contribution is -2.54. The third kappa shape index (κ3) is 5.02. The van der Waals surface area contributed by atoms with Gasteiger partial charge < -0.3 is 25.8 Å². The van der Waals surface area contributed by atoms with Crippen LogP contribution in [0.4, 0.5) is 9.59 Å². The van der Waals surface area contributed by atoms with Gasteiger partial charge in [-0.15, -0.1) is 0 Å². The molecule has 0 saturated carbocycles. The first-order valence-corrected chi connectivity index (χ1v) is 6.11. The zero-order chi connectivity index (χ0) is 14.4. The van der Waals surface area contributed by atoms with E-state index in [1.807, 2.05) is 0 Å². The summed E-state index contributed by atoms with van der Waals surface area (Å²) in [4.78, 5) is 34.6. The number of alkyl carbamates (subject to hydrolysis) is 1. The van der Waals surface area contributed by atoms with Gasteiger partial charge in [-0.3, -0.25) is 4.79 Å². The van der Waals surface area contributed by atoms with E-state index in [0.717, 1.165) is 0 Å². The molecule has 0 bridgehead atoms. The topological polar surface area (TPSA) is 122 Å². The number of amides is 3. The summed E-state index contributed by atoms with van der Waals surface area (Å²) in [6.07, 6.45) is -0.160. The van der Waals surface area contributed by atoms with Crippen LogP contribution in [0.5, 0.6) is 0 Å². The van der Waals surface area contributed by atoms with E-state index >= 15 is 0 Å². The van der Waals surface area contributed by atoms with Crippen molar-refractivity contribution in [2.75, 3.05) is 19.7 Å². The summed E-state index contributed by atoms with van der Waals surface area (Å²) in [6, 6.07) is -0.963. The van der Waals surface area contributed by atoms with Gasteiger partial charge in [-0.05, 0) is 19.3 Å². The van der Waals surface area contributed by atoms with Gasteiger partial charge in [0, 0.05) is 19.5 Å². The Morgan fingerprint density at radius 2 is 2.11 bits per heavy atom. The highest BCUT2D eigenvalue weighted by Gasteiger charge is 2.31. The minimum Gasteiger partial charge on any atom is -0.481 e. The van der Waals surface area contributed by atoms with E-state index in [1.165, 1.54) is 4.90 Å². The van der Waals surface area contributed by atoms with Crippen LogP contribution in [0.1, 0.15) is 19.8 Å². The van der Waals surface area contributed by atoms with Crippen molar-refractivity contribution in [3.05, 3.63) is 0 Å². The number of ether oxygens (including phenoxy) is 1. The second-order valence-electron chi connectivity index (χ2n) is 4.50. The van der Waals surface area contributed by atoms with Gasteiger partial charge in [-0.1, -0.05) is 0 Å². The molecule has 2 atom stereocenters. The van der Waals surface area contributed by atoms with Crippen molar-refractivity contribution < 1.29 is 24.2 Å². The fourth-order valence-electron chi connectivity index (χ4n) is 2.22. The zero-order valence-corrected chi connectivity index (χ0v) is 10.8. The highest BCUT2D eigenvalue weighted by Crippen LogP contribution is 2.20. The molecule has 1 fully saturated rings. The SMILES string of the molecule is CCOC(=O)NC1CC(CC(=O)O)CN(C(N)=O)C1. The first-order valence-electron chi connectivity index (χ1n) is 6.11. The second-order valence-corrected chi connectivity index (χ2v) is 4.50. The second kappa shape index (κ2) is 6.81. The van der Waals surface area contributed by atoms with E-state index in [1.54, 1.807) is 6.92 Å². The number of carboxylic acids is 1. The molecule has 1 heterocycles. The van der Waals surface area contributed by atoms with Crippen LogP contribution < -0.4 is 11.1 Å². The number of nitrogens with two attached hydrogens (primary N) is 1. The van der Waals surface area contributed by atoms with Crippen LogP contribution in [-0.2, 0) is 9.53 Å². The Labute approximate surface area is 110 Å². The lowest BCUT2D eigenvalue weighted by molar-refractivity contribution is -0.138. The molecule has 1 rings (SSSR count). The number of carbonyl (C=O) groups excluding carboxylic acids is 2. The van der Waals surface area contributed by atoms with Gasteiger partial charge >= 0.3 is 18.1 Å². The van der Waals surface area contributed by atoms with E-state index in [9.17, 15) is 14.4 Å². The largest absolute Gasteiger partial charge is 0.481 e. The maximum Gasteiger partial charge on any atom is 0.407 e. The van der Waals surface area contributed by atoms with Gasteiger partial charge in [0.2, 0.25) is 0 Å². The minimum atomic E-state index is -0.939. The third-order valence-corrected chi connectivity index (χ3v) is 2.91. The standard InChI is InChI=1S/C11H19N3O5/c1-2-19-11(18)13-8-3-7(4-9(15)16)5-14(6-8)10(12)17/h7-8H,2-6H2,1H3,(H2,12,17)(H,13,18)(H,15,16). The smallest absolute Gasteiger partial charge is 0.407 e. The predicted octanol–water partition coefficient (Wildman–Crippen LogP) is -0.0236. The highest BCUT2D eigenvalue weighted by atomic mass is 16.5. The molecule has 8 nitrogen and oxygen atoms in total. The Bertz CT molecular complexity index is 360. The Hall–Kier alpha value is -1.99. The molecular weight excluding hydrogens is 254 g/mol. The molecule has 8 heteroatoms. The van der Waals surface area contributed by atoms with E-state index in [0.29, 0.717) is 13.0 Å². The molecule has 1 aliphatic heterocycles. The number of hydrogen-bond donors (Lipinski definition) is 3. The van der Waals surface area contributed by atoms with Crippen molar-refractivity contribution in [3.8, 4) is 0 Å². The first-order chi connectivity index (χ1) is 8.92. The molecule has 2 unspecified atom stereocenters. The molecule has 0 aliphatic carbocycles. The molecule has 0 radical (unpaired) electrons. The molecule has 3 amide bonds. The van der Waals surface area contributed by atoms with Crippen LogP contribution in [-0.4, -0.2) is 53.8 Å². The van der Waals surface area contributed by atoms with Crippen LogP contribution in [0.25, 0.3) is 0 Å². The average Bonchev–Trinajstić information content (AvgIpc) is 2.27. The Balaban J connectivity index is 2.61. The van der Waals surface area contributed by atoms with Crippen LogP contribution in [0, 0.1) is 5.92 Å². The monoisotopic (exact) mass is 273 g/mol.